The third-order valence-corrected chi connectivity index (χ3v) is 3.94. The van der Waals surface area contributed by atoms with E-state index < -0.39 is 0 Å². The first kappa shape index (κ1) is 12.3. The zero-order valence-corrected chi connectivity index (χ0v) is 10.9. The number of halogens is 1. The van der Waals surface area contributed by atoms with Crippen LogP contribution in [-0.2, 0) is 0 Å². The SMILES string of the molecule is Cc1nsc(SCCNc2ccc(F)cc2)n1. The molecule has 3 nitrogen and oxygen atoms in total. The number of nitrogens with one attached hydrogen (secondary N) is 1. The molecule has 0 amide bonds. The second-order valence-corrected chi connectivity index (χ2v) is 5.48. The third-order valence-electron chi connectivity index (χ3n) is 2.01. The second kappa shape index (κ2) is 5.97. The largest absolute Gasteiger partial charge is 0.384 e. The van der Waals surface area contributed by atoms with Gasteiger partial charge in [-0.3, -0.25) is 0 Å². The molecule has 0 aliphatic heterocycles. The standard InChI is InChI=1S/C11H12FN3S2/c1-8-14-11(17-15-8)16-7-6-13-10-4-2-9(12)3-5-10/h2-5,13H,6-7H2,1H3. The molecule has 0 spiro atoms. The van der Waals surface area contributed by atoms with Crippen molar-refractivity contribution in [1.29, 1.82) is 0 Å². The number of benzene rings is 1. The Kier molecular flexibility index (Phi) is 4.33. The number of aromatic nitrogens is 2. The van der Waals surface area contributed by atoms with Gasteiger partial charge < -0.3 is 5.32 Å². The van der Waals surface area contributed by atoms with Gasteiger partial charge in [0.05, 0.1) is 0 Å². The first-order valence-electron chi connectivity index (χ1n) is 5.16. The van der Waals surface area contributed by atoms with Crippen LogP contribution < -0.4 is 5.32 Å². The Labute approximate surface area is 108 Å². The van der Waals surface area contributed by atoms with Gasteiger partial charge in [-0.15, -0.1) is 0 Å². The lowest BCUT2D eigenvalue weighted by molar-refractivity contribution is 0.628. The van der Waals surface area contributed by atoms with Crippen molar-refractivity contribution in [1.82, 2.24) is 9.36 Å². The molecule has 0 atom stereocenters. The molecule has 2 aromatic rings. The summed E-state index contributed by atoms with van der Waals surface area (Å²) >= 11 is 3.09. The van der Waals surface area contributed by atoms with E-state index in [9.17, 15) is 4.39 Å². The zero-order chi connectivity index (χ0) is 12.1. The highest BCUT2D eigenvalue weighted by Gasteiger charge is 2.00. The third kappa shape index (κ3) is 3.98. The molecule has 0 saturated heterocycles. The minimum atomic E-state index is -0.214. The fourth-order valence-electron chi connectivity index (χ4n) is 1.24. The molecule has 1 N–H and O–H groups in total. The van der Waals surface area contributed by atoms with E-state index >= 15 is 0 Å². The summed E-state index contributed by atoms with van der Waals surface area (Å²) in [5, 5.41) is 3.22. The minimum Gasteiger partial charge on any atom is -0.384 e. The molecule has 0 bridgehead atoms. The predicted octanol–water partition coefficient (Wildman–Crippen LogP) is 3.19. The molecule has 17 heavy (non-hydrogen) atoms. The summed E-state index contributed by atoms with van der Waals surface area (Å²) < 4.78 is 17.8. The number of anilines is 1. The van der Waals surface area contributed by atoms with Crippen molar-refractivity contribution >= 4 is 29.0 Å². The molecule has 90 valence electrons. The molecule has 0 aliphatic rings. The number of hydrogen-bond acceptors (Lipinski definition) is 5. The lowest BCUT2D eigenvalue weighted by atomic mass is 10.3. The van der Waals surface area contributed by atoms with Gasteiger partial charge in [-0.2, -0.15) is 4.37 Å². The van der Waals surface area contributed by atoms with Crippen molar-refractivity contribution in [2.45, 2.75) is 11.3 Å². The van der Waals surface area contributed by atoms with E-state index in [0.717, 1.165) is 28.1 Å². The van der Waals surface area contributed by atoms with Gasteiger partial charge in [0.25, 0.3) is 0 Å². The maximum absolute atomic E-state index is 12.7. The fraction of sp³-hybridized carbons (Fsp3) is 0.273. The molecule has 2 rings (SSSR count). The van der Waals surface area contributed by atoms with E-state index in [-0.39, 0.29) is 5.82 Å². The van der Waals surface area contributed by atoms with Crippen molar-refractivity contribution in [3.8, 4) is 0 Å². The highest BCUT2D eigenvalue weighted by molar-refractivity contribution is 8.00. The first-order valence-corrected chi connectivity index (χ1v) is 6.92. The Hall–Kier alpha value is -1.14. The topological polar surface area (TPSA) is 37.8 Å². The van der Waals surface area contributed by atoms with Crippen molar-refractivity contribution < 1.29 is 4.39 Å². The molecule has 1 aromatic carbocycles. The zero-order valence-electron chi connectivity index (χ0n) is 9.31. The van der Waals surface area contributed by atoms with Crippen molar-refractivity contribution in [2.75, 3.05) is 17.6 Å². The maximum Gasteiger partial charge on any atom is 0.170 e. The minimum absolute atomic E-state index is 0.214. The van der Waals surface area contributed by atoms with Gasteiger partial charge in [0, 0.05) is 18.0 Å². The van der Waals surface area contributed by atoms with Gasteiger partial charge in [-0.1, -0.05) is 11.8 Å². The summed E-state index contributed by atoms with van der Waals surface area (Å²) in [6, 6.07) is 6.36. The van der Waals surface area contributed by atoms with Gasteiger partial charge in [0.15, 0.2) is 4.34 Å². The second-order valence-electron chi connectivity index (χ2n) is 3.39. The highest BCUT2D eigenvalue weighted by Crippen LogP contribution is 2.19. The predicted molar refractivity (Wildman–Crippen MR) is 70.3 cm³/mol. The van der Waals surface area contributed by atoms with Crippen LogP contribution in [-0.4, -0.2) is 21.7 Å². The summed E-state index contributed by atoms with van der Waals surface area (Å²) in [5.41, 5.74) is 0.931. The molecule has 0 saturated carbocycles. The number of nitrogens with zero attached hydrogens (tertiary/aromatic N) is 2. The lowest BCUT2D eigenvalue weighted by Gasteiger charge is -2.04. The molecule has 0 aliphatic carbocycles. The van der Waals surface area contributed by atoms with Crippen molar-refractivity contribution in [3.63, 3.8) is 0 Å². The van der Waals surface area contributed by atoms with Gasteiger partial charge in [-0.25, -0.2) is 9.37 Å². The van der Waals surface area contributed by atoms with Gasteiger partial charge in [-0.05, 0) is 42.7 Å². The van der Waals surface area contributed by atoms with E-state index in [2.05, 4.69) is 14.7 Å². The van der Waals surface area contributed by atoms with E-state index in [1.54, 1.807) is 23.9 Å². The quantitative estimate of drug-likeness (QED) is 0.668. The number of rotatable bonds is 5. The summed E-state index contributed by atoms with van der Waals surface area (Å²) in [6.07, 6.45) is 0. The molecular formula is C11H12FN3S2. The number of aryl methyl sites for hydroxylation is 1. The smallest absolute Gasteiger partial charge is 0.170 e. The monoisotopic (exact) mass is 269 g/mol. The van der Waals surface area contributed by atoms with Crippen LogP contribution >= 0.6 is 23.3 Å². The van der Waals surface area contributed by atoms with E-state index in [1.807, 2.05) is 6.92 Å². The van der Waals surface area contributed by atoms with Crippen LogP contribution in [0.4, 0.5) is 10.1 Å². The van der Waals surface area contributed by atoms with E-state index in [0.29, 0.717) is 0 Å². The summed E-state index contributed by atoms with van der Waals surface area (Å²) in [4.78, 5) is 4.26. The van der Waals surface area contributed by atoms with Gasteiger partial charge in [0.1, 0.15) is 11.6 Å². The lowest BCUT2D eigenvalue weighted by Crippen LogP contribution is -2.03. The molecular weight excluding hydrogens is 257 g/mol. The van der Waals surface area contributed by atoms with Crippen LogP contribution in [0.2, 0.25) is 0 Å². The number of hydrogen-bond donors (Lipinski definition) is 1. The molecule has 0 unspecified atom stereocenters. The van der Waals surface area contributed by atoms with Crippen LogP contribution in [0.3, 0.4) is 0 Å². The molecule has 0 fully saturated rings. The summed E-state index contributed by atoms with van der Waals surface area (Å²) in [7, 11) is 0. The Morgan fingerprint density at radius 3 is 2.76 bits per heavy atom. The van der Waals surface area contributed by atoms with Crippen LogP contribution in [0.1, 0.15) is 5.82 Å². The van der Waals surface area contributed by atoms with Gasteiger partial charge >= 0.3 is 0 Å². The fourth-order valence-corrected chi connectivity index (χ4v) is 2.81. The molecule has 1 aromatic heterocycles. The van der Waals surface area contributed by atoms with Crippen LogP contribution in [0, 0.1) is 12.7 Å². The van der Waals surface area contributed by atoms with Crippen molar-refractivity contribution in [3.05, 3.63) is 35.9 Å². The maximum atomic E-state index is 12.7. The Morgan fingerprint density at radius 2 is 2.12 bits per heavy atom. The van der Waals surface area contributed by atoms with E-state index in [1.165, 1.54) is 23.7 Å². The Balaban J connectivity index is 1.71. The summed E-state index contributed by atoms with van der Waals surface area (Å²) in [5.74, 6) is 1.52. The van der Waals surface area contributed by atoms with Crippen LogP contribution in [0.5, 0.6) is 0 Å². The average molecular weight is 269 g/mol. The van der Waals surface area contributed by atoms with Crippen LogP contribution in [0.15, 0.2) is 28.6 Å². The molecule has 0 radical (unpaired) electrons. The summed E-state index contributed by atoms with van der Waals surface area (Å²) in [6.45, 7) is 2.70. The Morgan fingerprint density at radius 1 is 1.35 bits per heavy atom. The van der Waals surface area contributed by atoms with Crippen LogP contribution in [0.25, 0.3) is 0 Å². The van der Waals surface area contributed by atoms with Gasteiger partial charge in [0.2, 0.25) is 0 Å². The highest BCUT2D eigenvalue weighted by atomic mass is 32.2. The first-order chi connectivity index (χ1) is 8.24. The van der Waals surface area contributed by atoms with Crippen molar-refractivity contribution in [2.24, 2.45) is 0 Å². The number of thioether (sulfide) groups is 1. The molecule has 1 heterocycles. The van der Waals surface area contributed by atoms with E-state index in [4.69, 9.17) is 0 Å². The normalized spacial score (nSPS) is 10.5. The molecule has 6 heteroatoms. The Bertz CT molecular complexity index is 470. The average Bonchev–Trinajstić information content (AvgIpc) is 2.73.